The highest BCUT2D eigenvalue weighted by Crippen LogP contribution is 2.25. The molecule has 1 aromatic carbocycles. The molecule has 0 saturated heterocycles. The molecule has 3 rings (SSSR count). The second-order valence-corrected chi connectivity index (χ2v) is 4.91. The molecule has 100 valence electrons. The van der Waals surface area contributed by atoms with Crippen LogP contribution in [0.15, 0.2) is 36.5 Å². The summed E-state index contributed by atoms with van der Waals surface area (Å²) in [5, 5.41) is 15.9. The summed E-state index contributed by atoms with van der Waals surface area (Å²) in [5.74, 6) is 0.398. The van der Waals surface area contributed by atoms with Gasteiger partial charge < -0.3 is 0 Å². The quantitative estimate of drug-likeness (QED) is 0.535. The van der Waals surface area contributed by atoms with E-state index in [9.17, 15) is 10.1 Å². The fraction of sp³-hybridized carbons (Fsp3) is 0. The van der Waals surface area contributed by atoms with Crippen LogP contribution in [0.3, 0.4) is 0 Å². The molecular formula is C12H6Cl2N4O2. The number of aromatic nitrogens is 3. The molecule has 20 heavy (non-hydrogen) atoms. The van der Waals surface area contributed by atoms with E-state index >= 15 is 0 Å². The Kier molecular flexibility index (Phi) is 3.04. The third-order valence-electron chi connectivity index (χ3n) is 2.65. The number of hydrogen-bond acceptors (Lipinski definition) is 4. The molecule has 8 heteroatoms. The van der Waals surface area contributed by atoms with Crippen LogP contribution in [-0.2, 0) is 0 Å². The Morgan fingerprint density at radius 1 is 1.15 bits per heavy atom. The standard InChI is InChI=1S/C12H6Cl2N4O2/c13-8-3-7(4-9(14)5-8)12-15-11-2-1-10(18(19)20)6-17(11)16-12/h1-6H. The van der Waals surface area contributed by atoms with Crippen molar-refractivity contribution in [2.75, 3.05) is 0 Å². The fourth-order valence-corrected chi connectivity index (χ4v) is 2.31. The van der Waals surface area contributed by atoms with Crippen LogP contribution in [0.1, 0.15) is 0 Å². The van der Waals surface area contributed by atoms with E-state index in [1.807, 2.05) is 0 Å². The van der Waals surface area contributed by atoms with E-state index in [1.54, 1.807) is 18.2 Å². The molecule has 0 aliphatic rings. The van der Waals surface area contributed by atoms with Crippen molar-refractivity contribution in [2.24, 2.45) is 0 Å². The van der Waals surface area contributed by atoms with Gasteiger partial charge in [-0.15, -0.1) is 5.10 Å². The molecule has 0 aliphatic carbocycles. The fourth-order valence-electron chi connectivity index (χ4n) is 1.79. The van der Waals surface area contributed by atoms with E-state index in [-0.39, 0.29) is 5.69 Å². The van der Waals surface area contributed by atoms with E-state index in [0.29, 0.717) is 27.1 Å². The van der Waals surface area contributed by atoms with Crippen LogP contribution in [0, 0.1) is 10.1 Å². The summed E-state index contributed by atoms with van der Waals surface area (Å²) in [6.45, 7) is 0. The number of benzene rings is 1. The summed E-state index contributed by atoms with van der Waals surface area (Å²) in [5.41, 5.74) is 1.09. The number of nitrogens with zero attached hydrogens (tertiary/aromatic N) is 4. The maximum Gasteiger partial charge on any atom is 0.287 e. The topological polar surface area (TPSA) is 73.3 Å². The summed E-state index contributed by atoms with van der Waals surface area (Å²) in [4.78, 5) is 14.5. The number of fused-ring (bicyclic) bond motifs is 1. The highest BCUT2D eigenvalue weighted by Gasteiger charge is 2.11. The lowest BCUT2D eigenvalue weighted by Gasteiger charge is -1.97. The predicted octanol–water partition coefficient (Wildman–Crippen LogP) is 3.61. The summed E-state index contributed by atoms with van der Waals surface area (Å²) >= 11 is 11.9. The summed E-state index contributed by atoms with van der Waals surface area (Å²) in [6, 6.07) is 7.86. The van der Waals surface area contributed by atoms with Gasteiger partial charge in [0.15, 0.2) is 11.5 Å². The highest BCUT2D eigenvalue weighted by atomic mass is 35.5. The monoisotopic (exact) mass is 308 g/mol. The molecule has 2 aromatic heterocycles. The van der Waals surface area contributed by atoms with Crippen LogP contribution >= 0.6 is 23.2 Å². The number of nitro groups is 1. The van der Waals surface area contributed by atoms with E-state index in [2.05, 4.69) is 10.1 Å². The highest BCUT2D eigenvalue weighted by molar-refractivity contribution is 6.35. The van der Waals surface area contributed by atoms with Crippen LogP contribution in [0.4, 0.5) is 5.69 Å². The van der Waals surface area contributed by atoms with Gasteiger partial charge in [-0.3, -0.25) is 10.1 Å². The lowest BCUT2D eigenvalue weighted by Crippen LogP contribution is -1.92. The van der Waals surface area contributed by atoms with Crippen molar-refractivity contribution in [1.29, 1.82) is 0 Å². The van der Waals surface area contributed by atoms with Gasteiger partial charge in [-0.1, -0.05) is 23.2 Å². The summed E-state index contributed by atoms with van der Waals surface area (Å²) in [7, 11) is 0. The van der Waals surface area contributed by atoms with Crippen LogP contribution in [-0.4, -0.2) is 19.5 Å². The van der Waals surface area contributed by atoms with Crippen molar-refractivity contribution in [1.82, 2.24) is 14.6 Å². The van der Waals surface area contributed by atoms with Crippen molar-refractivity contribution in [3.05, 3.63) is 56.7 Å². The average molecular weight is 309 g/mol. The zero-order valence-electron chi connectivity index (χ0n) is 9.83. The van der Waals surface area contributed by atoms with E-state index < -0.39 is 4.92 Å². The van der Waals surface area contributed by atoms with Gasteiger partial charge in [0.2, 0.25) is 0 Å². The van der Waals surface area contributed by atoms with Crippen molar-refractivity contribution in [2.45, 2.75) is 0 Å². The van der Waals surface area contributed by atoms with E-state index in [4.69, 9.17) is 23.2 Å². The third kappa shape index (κ3) is 2.31. The zero-order valence-corrected chi connectivity index (χ0v) is 11.3. The average Bonchev–Trinajstić information content (AvgIpc) is 2.80. The Labute approximate surface area is 122 Å². The maximum atomic E-state index is 10.7. The molecule has 2 heterocycles. The Balaban J connectivity index is 2.15. The van der Waals surface area contributed by atoms with Crippen molar-refractivity contribution in [3.63, 3.8) is 0 Å². The zero-order chi connectivity index (χ0) is 14.3. The van der Waals surface area contributed by atoms with Gasteiger partial charge in [0.25, 0.3) is 5.69 Å². The van der Waals surface area contributed by atoms with Gasteiger partial charge in [0, 0.05) is 21.7 Å². The molecule has 0 bridgehead atoms. The molecule has 0 atom stereocenters. The summed E-state index contributed by atoms with van der Waals surface area (Å²) < 4.78 is 1.35. The maximum absolute atomic E-state index is 10.7. The van der Waals surface area contributed by atoms with Gasteiger partial charge in [0.05, 0.1) is 4.92 Å². The van der Waals surface area contributed by atoms with Gasteiger partial charge in [-0.2, -0.15) is 0 Å². The first-order valence-corrected chi connectivity index (χ1v) is 6.26. The van der Waals surface area contributed by atoms with Crippen molar-refractivity contribution < 1.29 is 4.92 Å². The molecular weight excluding hydrogens is 303 g/mol. The smallest absolute Gasteiger partial charge is 0.258 e. The minimum Gasteiger partial charge on any atom is -0.258 e. The molecule has 0 saturated carbocycles. The summed E-state index contributed by atoms with van der Waals surface area (Å²) in [6.07, 6.45) is 1.30. The number of halogens is 2. The van der Waals surface area contributed by atoms with Crippen LogP contribution in [0.2, 0.25) is 10.0 Å². The lowest BCUT2D eigenvalue weighted by molar-refractivity contribution is -0.385. The number of pyridine rings is 1. The number of hydrogen-bond donors (Lipinski definition) is 0. The van der Waals surface area contributed by atoms with Crippen LogP contribution in [0.5, 0.6) is 0 Å². The first-order valence-electron chi connectivity index (χ1n) is 5.50. The van der Waals surface area contributed by atoms with E-state index in [0.717, 1.165) is 0 Å². The Morgan fingerprint density at radius 3 is 2.50 bits per heavy atom. The van der Waals surface area contributed by atoms with Crippen LogP contribution in [0.25, 0.3) is 17.0 Å². The second-order valence-electron chi connectivity index (χ2n) is 4.04. The Morgan fingerprint density at radius 2 is 1.85 bits per heavy atom. The van der Waals surface area contributed by atoms with E-state index in [1.165, 1.54) is 22.8 Å². The van der Waals surface area contributed by atoms with Crippen molar-refractivity contribution in [3.8, 4) is 11.4 Å². The Bertz CT molecular complexity index is 811. The Hall–Kier alpha value is -2.18. The molecule has 0 N–H and O–H groups in total. The molecule has 0 spiro atoms. The number of rotatable bonds is 2. The second kappa shape index (κ2) is 4.73. The van der Waals surface area contributed by atoms with Gasteiger partial charge in [-0.25, -0.2) is 9.50 Å². The SMILES string of the molecule is O=[N+]([O-])c1ccc2nc(-c3cc(Cl)cc(Cl)c3)nn2c1. The van der Waals surface area contributed by atoms with Crippen molar-refractivity contribution >= 4 is 34.5 Å². The predicted molar refractivity (Wildman–Crippen MR) is 75.1 cm³/mol. The largest absolute Gasteiger partial charge is 0.287 e. The van der Waals surface area contributed by atoms with Gasteiger partial charge in [-0.05, 0) is 24.3 Å². The molecule has 0 unspecified atom stereocenters. The lowest BCUT2D eigenvalue weighted by atomic mass is 10.2. The minimum atomic E-state index is -0.489. The molecule has 0 amide bonds. The molecule has 3 aromatic rings. The normalized spacial score (nSPS) is 10.9. The molecule has 0 radical (unpaired) electrons. The molecule has 0 aliphatic heterocycles. The first-order chi connectivity index (χ1) is 9.52. The third-order valence-corrected chi connectivity index (χ3v) is 3.08. The minimum absolute atomic E-state index is 0.0573. The van der Waals surface area contributed by atoms with Crippen LogP contribution < -0.4 is 0 Å². The molecule has 6 nitrogen and oxygen atoms in total. The first kappa shape index (κ1) is 12.8. The van der Waals surface area contributed by atoms with Gasteiger partial charge in [0.1, 0.15) is 6.20 Å². The molecule has 0 fully saturated rings. The van der Waals surface area contributed by atoms with Gasteiger partial charge >= 0.3 is 0 Å².